The van der Waals surface area contributed by atoms with Crippen molar-refractivity contribution in [2.75, 3.05) is 69.3 Å². The van der Waals surface area contributed by atoms with Crippen molar-refractivity contribution in [1.29, 1.82) is 0 Å². The van der Waals surface area contributed by atoms with Crippen molar-refractivity contribution >= 4 is 22.4 Å². The fourth-order valence-corrected chi connectivity index (χ4v) is 4.26. The lowest BCUT2D eigenvalue weighted by Crippen LogP contribution is -2.44. The Kier molecular flexibility index (Phi) is 5.33. The minimum absolute atomic E-state index is 0.0732. The smallest absolute Gasteiger partial charge is 0.264 e. The number of anilines is 2. The van der Waals surface area contributed by atoms with Crippen LogP contribution >= 0.6 is 0 Å². The van der Waals surface area contributed by atoms with E-state index in [-0.39, 0.29) is 5.56 Å². The average molecular weight is 421 g/mol. The number of likely N-dealkylation sites (N-methyl/N-ethyl adjacent to an activating group) is 1. The van der Waals surface area contributed by atoms with Gasteiger partial charge in [0.1, 0.15) is 11.2 Å². The summed E-state index contributed by atoms with van der Waals surface area (Å²) in [6.07, 6.45) is 1.58. The van der Waals surface area contributed by atoms with E-state index in [4.69, 9.17) is 9.72 Å². The maximum absolute atomic E-state index is 12.9. The van der Waals surface area contributed by atoms with E-state index in [1.54, 1.807) is 13.4 Å². The highest BCUT2D eigenvalue weighted by atomic mass is 16.5. The summed E-state index contributed by atoms with van der Waals surface area (Å²) in [5.74, 6) is 0.702. The lowest BCUT2D eigenvalue weighted by Gasteiger charge is -2.34. The van der Waals surface area contributed by atoms with Gasteiger partial charge in [0.25, 0.3) is 5.56 Å². The molecule has 2 aliphatic rings. The second-order valence-electron chi connectivity index (χ2n) is 8.32. The largest absolute Gasteiger partial charge is 0.378 e. The zero-order chi connectivity index (χ0) is 21.4. The number of aryl methyl sites for hydroxylation is 1. The van der Waals surface area contributed by atoms with E-state index in [1.165, 1.54) is 10.3 Å². The summed E-state index contributed by atoms with van der Waals surface area (Å²) >= 11 is 0. The normalized spacial score (nSPS) is 18.0. The highest BCUT2D eigenvalue weighted by Crippen LogP contribution is 2.29. The van der Waals surface area contributed by atoms with Crippen LogP contribution in [-0.4, -0.2) is 79.0 Å². The van der Waals surface area contributed by atoms with Crippen molar-refractivity contribution in [3.05, 3.63) is 47.0 Å². The summed E-state index contributed by atoms with van der Waals surface area (Å²) in [4.78, 5) is 29.3. The van der Waals surface area contributed by atoms with E-state index >= 15 is 0 Å². The summed E-state index contributed by atoms with van der Waals surface area (Å²) < 4.78 is 7.02. The molecule has 0 N–H and O–H groups in total. The molecule has 0 aliphatic carbocycles. The number of benzene rings is 1. The van der Waals surface area contributed by atoms with Crippen molar-refractivity contribution < 1.29 is 4.74 Å². The molecule has 2 aliphatic heterocycles. The van der Waals surface area contributed by atoms with Gasteiger partial charge in [-0.25, -0.2) is 9.97 Å². The second kappa shape index (κ2) is 8.28. The summed E-state index contributed by atoms with van der Waals surface area (Å²) in [5, 5.41) is 0.574. The highest BCUT2D eigenvalue weighted by Gasteiger charge is 2.20. The zero-order valence-corrected chi connectivity index (χ0v) is 18.1. The van der Waals surface area contributed by atoms with Gasteiger partial charge in [-0.05, 0) is 25.2 Å². The first kappa shape index (κ1) is 20.0. The number of piperazine rings is 1. The van der Waals surface area contributed by atoms with Crippen LogP contribution in [0.1, 0.15) is 0 Å². The van der Waals surface area contributed by atoms with Gasteiger partial charge in [0.15, 0.2) is 0 Å². The number of nitrogens with zero attached hydrogens (tertiary/aromatic N) is 6. The van der Waals surface area contributed by atoms with Crippen LogP contribution in [0.25, 0.3) is 22.2 Å². The molecule has 0 atom stereocenters. The first-order valence-corrected chi connectivity index (χ1v) is 10.8. The highest BCUT2D eigenvalue weighted by molar-refractivity contribution is 5.92. The van der Waals surface area contributed by atoms with Gasteiger partial charge in [-0.1, -0.05) is 12.1 Å². The molecular weight excluding hydrogens is 392 g/mol. The number of hydrogen-bond donors (Lipinski definition) is 0. The number of rotatable bonds is 3. The number of pyridine rings is 1. The lowest BCUT2D eigenvalue weighted by molar-refractivity contribution is 0.122. The molecular formula is C23H28N6O2. The second-order valence-corrected chi connectivity index (χ2v) is 8.32. The van der Waals surface area contributed by atoms with Crippen molar-refractivity contribution in [2.45, 2.75) is 0 Å². The maximum Gasteiger partial charge on any atom is 0.264 e. The number of hydrogen-bond acceptors (Lipinski definition) is 7. The Bertz CT molecular complexity index is 1130. The Morgan fingerprint density at radius 2 is 1.61 bits per heavy atom. The topological polar surface area (TPSA) is 66.7 Å². The molecule has 0 bridgehead atoms. The molecule has 8 nitrogen and oxygen atoms in total. The van der Waals surface area contributed by atoms with Crippen LogP contribution in [0.2, 0.25) is 0 Å². The summed E-state index contributed by atoms with van der Waals surface area (Å²) in [6, 6.07) is 10.5. The van der Waals surface area contributed by atoms with Crippen molar-refractivity contribution in [2.24, 2.45) is 7.05 Å². The first-order valence-electron chi connectivity index (χ1n) is 10.8. The number of fused-ring (bicyclic) bond motifs is 1. The third-order valence-corrected chi connectivity index (χ3v) is 6.23. The third kappa shape index (κ3) is 3.88. The minimum Gasteiger partial charge on any atom is -0.378 e. The van der Waals surface area contributed by atoms with Gasteiger partial charge in [-0.3, -0.25) is 4.79 Å². The van der Waals surface area contributed by atoms with Crippen LogP contribution in [0.15, 0.2) is 41.5 Å². The molecule has 4 heterocycles. The summed E-state index contributed by atoms with van der Waals surface area (Å²) in [6.45, 7) is 6.94. The Hall–Kier alpha value is -2.97. The van der Waals surface area contributed by atoms with Crippen LogP contribution < -0.4 is 15.4 Å². The number of morpholine rings is 1. The molecule has 8 heteroatoms. The molecule has 2 aromatic heterocycles. The molecule has 0 saturated carbocycles. The predicted octanol–water partition coefficient (Wildman–Crippen LogP) is 1.58. The molecule has 0 radical (unpaired) electrons. The van der Waals surface area contributed by atoms with E-state index < -0.39 is 0 Å². The van der Waals surface area contributed by atoms with Crippen LogP contribution in [-0.2, 0) is 11.8 Å². The van der Waals surface area contributed by atoms with E-state index in [9.17, 15) is 4.79 Å². The van der Waals surface area contributed by atoms with Crippen LogP contribution in [0.3, 0.4) is 0 Å². The summed E-state index contributed by atoms with van der Waals surface area (Å²) in [5.41, 5.74) is 3.70. The first-order chi connectivity index (χ1) is 15.1. The number of aromatic nitrogens is 3. The Morgan fingerprint density at radius 3 is 2.32 bits per heavy atom. The van der Waals surface area contributed by atoms with Crippen molar-refractivity contribution in [1.82, 2.24) is 19.4 Å². The fraction of sp³-hybridized carbons (Fsp3) is 0.435. The zero-order valence-electron chi connectivity index (χ0n) is 18.1. The van der Waals surface area contributed by atoms with E-state index in [2.05, 4.69) is 51.0 Å². The molecule has 1 aromatic carbocycles. The minimum atomic E-state index is -0.0732. The molecule has 0 spiro atoms. The quantitative estimate of drug-likeness (QED) is 0.637. The van der Waals surface area contributed by atoms with Crippen LogP contribution in [0.4, 0.5) is 11.5 Å². The van der Waals surface area contributed by atoms with Crippen molar-refractivity contribution in [3.63, 3.8) is 0 Å². The van der Waals surface area contributed by atoms with Gasteiger partial charge in [0, 0.05) is 57.6 Å². The monoisotopic (exact) mass is 420 g/mol. The fourth-order valence-electron chi connectivity index (χ4n) is 4.26. The molecule has 3 aromatic rings. The van der Waals surface area contributed by atoms with Crippen molar-refractivity contribution in [3.8, 4) is 11.3 Å². The molecule has 162 valence electrons. The third-order valence-electron chi connectivity index (χ3n) is 6.23. The Morgan fingerprint density at radius 1 is 0.903 bits per heavy atom. The predicted molar refractivity (Wildman–Crippen MR) is 123 cm³/mol. The van der Waals surface area contributed by atoms with E-state index in [0.29, 0.717) is 43.0 Å². The molecule has 2 saturated heterocycles. The van der Waals surface area contributed by atoms with Crippen LogP contribution in [0.5, 0.6) is 0 Å². The Balaban J connectivity index is 1.54. The van der Waals surface area contributed by atoms with Gasteiger partial charge in [-0.15, -0.1) is 0 Å². The van der Waals surface area contributed by atoms with Gasteiger partial charge in [0.2, 0.25) is 0 Å². The lowest BCUT2D eigenvalue weighted by atomic mass is 10.1. The van der Waals surface area contributed by atoms with Gasteiger partial charge < -0.3 is 24.0 Å². The van der Waals surface area contributed by atoms with Crippen LogP contribution in [0, 0.1) is 0 Å². The van der Waals surface area contributed by atoms with Gasteiger partial charge in [-0.2, -0.15) is 0 Å². The molecule has 0 unspecified atom stereocenters. The van der Waals surface area contributed by atoms with Gasteiger partial charge in [0.05, 0.1) is 30.8 Å². The van der Waals surface area contributed by atoms with E-state index in [1.807, 2.05) is 6.07 Å². The molecule has 0 amide bonds. The molecule has 31 heavy (non-hydrogen) atoms. The average Bonchev–Trinajstić information content (AvgIpc) is 2.82. The molecule has 5 rings (SSSR count). The molecule has 2 fully saturated rings. The maximum atomic E-state index is 12.9. The number of ether oxygens (including phenoxy) is 1. The van der Waals surface area contributed by atoms with Gasteiger partial charge >= 0.3 is 0 Å². The Labute approximate surface area is 181 Å². The van der Waals surface area contributed by atoms with E-state index in [0.717, 1.165) is 37.4 Å². The SMILES string of the molecule is CN1CCN(c2ccc(-c3cc4ncn(C)c(=O)c4c(N4CCOCC4)n3)cc2)CC1. The summed E-state index contributed by atoms with van der Waals surface area (Å²) in [7, 11) is 3.89. The standard InChI is InChI=1S/C23H28N6O2/c1-26-7-9-28(10-8-26)18-5-3-17(4-6-18)19-15-20-21(23(30)27(2)16-24-20)22(25-19)29-11-13-31-14-12-29/h3-6,15-16H,7-14H2,1-2H3.